The van der Waals surface area contributed by atoms with Crippen LogP contribution >= 0.6 is 0 Å². The van der Waals surface area contributed by atoms with Crippen molar-refractivity contribution < 1.29 is 14.6 Å². The molecule has 1 atom stereocenters. The zero-order chi connectivity index (χ0) is 20.9. The second-order valence-electron chi connectivity index (χ2n) is 6.90. The largest absolute Gasteiger partial charge is 0.493 e. The maximum absolute atomic E-state index is 9.94. The van der Waals surface area contributed by atoms with Gasteiger partial charge in [-0.05, 0) is 30.2 Å². The van der Waals surface area contributed by atoms with E-state index in [9.17, 15) is 5.11 Å². The Morgan fingerprint density at radius 3 is 2.57 bits per heavy atom. The van der Waals surface area contributed by atoms with Crippen molar-refractivity contribution >= 4 is 11.6 Å². The fourth-order valence-corrected chi connectivity index (χ4v) is 3.41. The van der Waals surface area contributed by atoms with E-state index >= 15 is 0 Å². The molecule has 7 nitrogen and oxygen atoms in total. The topological polar surface area (TPSA) is 80.9 Å². The summed E-state index contributed by atoms with van der Waals surface area (Å²) in [5.41, 5.74) is 3.52. The lowest BCUT2D eigenvalue weighted by Crippen LogP contribution is -2.28. The van der Waals surface area contributed by atoms with Gasteiger partial charge in [0.15, 0.2) is 11.5 Å². The van der Waals surface area contributed by atoms with Gasteiger partial charge in [-0.3, -0.25) is 4.40 Å². The summed E-state index contributed by atoms with van der Waals surface area (Å²) in [6, 6.07) is 17.5. The molecule has 0 spiro atoms. The number of rotatable bonds is 8. The van der Waals surface area contributed by atoms with E-state index in [4.69, 9.17) is 14.5 Å². The molecule has 0 radical (unpaired) electrons. The smallest absolute Gasteiger partial charge is 0.209 e. The number of hydrogen-bond acceptors (Lipinski definition) is 6. The van der Waals surface area contributed by atoms with Gasteiger partial charge in [0.1, 0.15) is 5.65 Å². The van der Waals surface area contributed by atoms with Gasteiger partial charge >= 0.3 is 0 Å². The summed E-state index contributed by atoms with van der Waals surface area (Å²) in [7, 11) is 3.21. The van der Waals surface area contributed by atoms with E-state index in [0.29, 0.717) is 23.9 Å². The Morgan fingerprint density at radius 1 is 1.03 bits per heavy atom. The molecule has 4 aromatic rings. The van der Waals surface area contributed by atoms with Crippen LogP contribution in [-0.2, 0) is 6.42 Å². The average Bonchev–Trinajstić information content (AvgIpc) is 3.27. The number of fused-ring (bicyclic) bond motifs is 1. The summed E-state index contributed by atoms with van der Waals surface area (Å²) in [6.07, 6.45) is 4.25. The van der Waals surface area contributed by atoms with Crippen molar-refractivity contribution in [2.24, 2.45) is 0 Å². The van der Waals surface area contributed by atoms with Crippen molar-refractivity contribution in [3.63, 3.8) is 0 Å². The summed E-state index contributed by atoms with van der Waals surface area (Å²) in [5.74, 6) is 1.90. The van der Waals surface area contributed by atoms with E-state index in [1.54, 1.807) is 20.4 Å². The molecule has 0 bridgehead atoms. The number of aromatic nitrogens is 3. The third-order valence-electron chi connectivity index (χ3n) is 4.95. The van der Waals surface area contributed by atoms with E-state index in [1.807, 2.05) is 65.2 Å². The van der Waals surface area contributed by atoms with Crippen LogP contribution in [0, 0.1) is 0 Å². The SMILES string of the molecule is COc1ccc(-c2cc3nccn3c(N[C@@H](CO)Cc3ccccc3)n2)cc1OC. The summed E-state index contributed by atoms with van der Waals surface area (Å²) in [4.78, 5) is 9.23. The maximum Gasteiger partial charge on any atom is 0.209 e. The monoisotopic (exact) mass is 404 g/mol. The van der Waals surface area contributed by atoms with E-state index in [-0.39, 0.29) is 12.6 Å². The standard InChI is InChI=1S/C23H24N4O3/c1-29-20-9-8-17(13-21(20)30-2)19-14-22-24-10-11-27(22)23(26-19)25-18(15-28)12-16-6-4-3-5-7-16/h3-11,13-14,18,28H,12,15H2,1-2H3,(H,25,26)/t18-/m1/s1. The van der Waals surface area contributed by atoms with E-state index in [2.05, 4.69) is 10.3 Å². The number of hydrogen-bond donors (Lipinski definition) is 2. The normalized spacial score (nSPS) is 12.0. The number of aliphatic hydroxyl groups excluding tert-OH is 1. The Balaban J connectivity index is 1.69. The molecule has 154 valence electrons. The molecule has 2 heterocycles. The molecule has 7 heteroatoms. The van der Waals surface area contributed by atoms with Crippen LogP contribution in [0.15, 0.2) is 67.0 Å². The second kappa shape index (κ2) is 8.84. The highest BCUT2D eigenvalue weighted by Gasteiger charge is 2.15. The molecule has 0 aliphatic heterocycles. The number of nitrogens with zero attached hydrogens (tertiary/aromatic N) is 3. The fourth-order valence-electron chi connectivity index (χ4n) is 3.41. The van der Waals surface area contributed by atoms with Gasteiger partial charge in [0, 0.05) is 24.0 Å². The molecular formula is C23H24N4O3. The molecule has 30 heavy (non-hydrogen) atoms. The van der Waals surface area contributed by atoms with Gasteiger partial charge in [0.05, 0.1) is 32.6 Å². The van der Waals surface area contributed by atoms with Gasteiger partial charge in [-0.2, -0.15) is 0 Å². The van der Waals surface area contributed by atoms with E-state index in [0.717, 1.165) is 22.5 Å². The van der Waals surface area contributed by atoms with Gasteiger partial charge in [-0.25, -0.2) is 9.97 Å². The number of imidazole rings is 1. The van der Waals surface area contributed by atoms with Crippen LogP contribution in [-0.4, -0.2) is 46.3 Å². The minimum absolute atomic E-state index is 0.0205. The summed E-state index contributed by atoms with van der Waals surface area (Å²) in [5, 5.41) is 13.3. The highest BCUT2D eigenvalue weighted by atomic mass is 16.5. The van der Waals surface area contributed by atoms with Gasteiger partial charge in [0.25, 0.3) is 0 Å². The van der Waals surface area contributed by atoms with Crippen LogP contribution in [0.25, 0.3) is 16.9 Å². The minimum Gasteiger partial charge on any atom is -0.493 e. The first-order valence-corrected chi connectivity index (χ1v) is 9.69. The molecule has 0 aliphatic rings. The molecule has 0 saturated carbocycles. The number of nitrogens with one attached hydrogen (secondary N) is 1. The highest BCUT2D eigenvalue weighted by molar-refractivity contribution is 5.69. The van der Waals surface area contributed by atoms with Gasteiger partial charge in [-0.15, -0.1) is 0 Å². The van der Waals surface area contributed by atoms with Crippen molar-refractivity contribution in [2.75, 3.05) is 26.1 Å². The van der Waals surface area contributed by atoms with Crippen molar-refractivity contribution in [1.82, 2.24) is 14.4 Å². The minimum atomic E-state index is -0.189. The number of anilines is 1. The Labute approximate surface area is 174 Å². The van der Waals surface area contributed by atoms with Crippen LogP contribution in [0.3, 0.4) is 0 Å². The zero-order valence-corrected chi connectivity index (χ0v) is 16.9. The van der Waals surface area contributed by atoms with Gasteiger partial charge in [-0.1, -0.05) is 30.3 Å². The molecular weight excluding hydrogens is 380 g/mol. The molecule has 2 aromatic carbocycles. The van der Waals surface area contributed by atoms with Gasteiger partial charge in [0.2, 0.25) is 5.95 Å². The molecule has 0 aliphatic carbocycles. The lowest BCUT2D eigenvalue weighted by atomic mass is 10.1. The Kier molecular flexibility index (Phi) is 5.81. The highest BCUT2D eigenvalue weighted by Crippen LogP contribution is 2.32. The molecule has 0 unspecified atom stereocenters. The van der Waals surface area contributed by atoms with Crippen LogP contribution in [0.4, 0.5) is 5.95 Å². The zero-order valence-electron chi connectivity index (χ0n) is 16.9. The van der Waals surface area contributed by atoms with Crippen LogP contribution in [0.2, 0.25) is 0 Å². The maximum atomic E-state index is 9.94. The second-order valence-corrected chi connectivity index (χ2v) is 6.90. The lowest BCUT2D eigenvalue weighted by Gasteiger charge is -2.19. The lowest BCUT2D eigenvalue weighted by molar-refractivity contribution is 0.273. The summed E-state index contributed by atoms with van der Waals surface area (Å²) in [6.45, 7) is -0.0205. The van der Waals surface area contributed by atoms with E-state index < -0.39 is 0 Å². The Morgan fingerprint density at radius 2 is 1.83 bits per heavy atom. The summed E-state index contributed by atoms with van der Waals surface area (Å²) < 4.78 is 12.6. The fraction of sp³-hybridized carbons (Fsp3) is 0.217. The van der Waals surface area contributed by atoms with Crippen molar-refractivity contribution in [2.45, 2.75) is 12.5 Å². The quantitative estimate of drug-likeness (QED) is 0.468. The number of methoxy groups -OCH3 is 2. The molecule has 4 rings (SSSR count). The van der Waals surface area contributed by atoms with Crippen molar-refractivity contribution in [3.05, 3.63) is 72.6 Å². The Hall–Kier alpha value is -3.58. The summed E-state index contributed by atoms with van der Waals surface area (Å²) >= 11 is 0. The predicted octanol–water partition coefficient (Wildman–Crippen LogP) is 3.43. The number of aliphatic hydroxyl groups is 1. The third-order valence-corrected chi connectivity index (χ3v) is 4.95. The molecule has 0 saturated heterocycles. The van der Waals surface area contributed by atoms with Crippen molar-refractivity contribution in [1.29, 1.82) is 0 Å². The van der Waals surface area contributed by atoms with Gasteiger partial charge < -0.3 is 19.9 Å². The first-order valence-electron chi connectivity index (χ1n) is 9.69. The number of ether oxygens (including phenoxy) is 2. The number of benzene rings is 2. The molecule has 0 amide bonds. The Bertz CT molecular complexity index is 1130. The molecule has 0 fully saturated rings. The molecule has 2 aromatic heterocycles. The predicted molar refractivity (Wildman–Crippen MR) is 116 cm³/mol. The van der Waals surface area contributed by atoms with E-state index in [1.165, 1.54) is 0 Å². The average molecular weight is 404 g/mol. The van der Waals surface area contributed by atoms with Crippen LogP contribution in [0.1, 0.15) is 5.56 Å². The van der Waals surface area contributed by atoms with Crippen molar-refractivity contribution in [3.8, 4) is 22.8 Å². The third kappa shape index (κ3) is 4.06. The van der Waals surface area contributed by atoms with Crippen LogP contribution in [0.5, 0.6) is 11.5 Å². The first-order chi connectivity index (χ1) is 14.7. The molecule has 2 N–H and O–H groups in total. The van der Waals surface area contributed by atoms with Crippen LogP contribution < -0.4 is 14.8 Å². The first kappa shape index (κ1) is 19.7.